The van der Waals surface area contributed by atoms with Crippen LogP contribution in [0.3, 0.4) is 0 Å². The van der Waals surface area contributed by atoms with Gasteiger partial charge in [0.2, 0.25) is 5.91 Å². The molecule has 81 heavy (non-hydrogen) atoms. The molecule has 3 unspecified atom stereocenters. The molecule has 0 saturated heterocycles. The third kappa shape index (κ3) is 61.6. The Bertz CT molecular complexity index is 1660. The Labute approximate surface area is 501 Å². The average Bonchev–Trinajstić information content (AvgIpc) is 3.43. The molecule has 0 aliphatic rings. The van der Waals surface area contributed by atoms with Crippen molar-refractivity contribution in [1.29, 1.82) is 0 Å². The summed E-state index contributed by atoms with van der Waals surface area (Å²) in [5.74, 6) is -0.515. The van der Waals surface area contributed by atoms with Gasteiger partial charge >= 0.3 is 13.8 Å². The molecule has 1 amide bonds. The van der Waals surface area contributed by atoms with E-state index >= 15 is 0 Å². The molecule has 0 bridgehead atoms. The second kappa shape index (κ2) is 60.3. The molecule has 10 heteroatoms. The summed E-state index contributed by atoms with van der Waals surface area (Å²) in [5, 5.41) is 3.06. The number of nitrogens with zero attached hydrogens (tertiary/aromatic N) is 1. The number of hydrogen-bond acceptors (Lipinski definition) is 6. The third-order valence-corrected chi connectivity index (χ3v) is 15.8. The van der Waals surface area contributed by atoms with E-state index in [2.05, 4.69) is 99.0 Å². The van der Waals surface area contributed by atoms with E-state index in [1.807, 2.05) is 33.3 Å². The molecule has 0 aliphatic heterocycles. The Morgan fingerprint density at radius 2 is 0.753 bits per heavy atom. The maximum Gasteiger partial charge on any atom is 0.472 e. The van der Waals surface area contributed by atoms with Gasteiger partial charge in [-0.05, 0) is 109 Å². The van der Waals surface area contributed by atoms with E-state index in [4.69, 9.17) is 13.8 Å². The standard InChI is InChI=1S/C71H129N2O7P/c1-7-10-13-16-19-22-25-27-29-31-33-35-36-38-39-41-43-45-48-51-54-57-60-63-70(74)72-68(67-79-81(76,77)78-66-65-73(4,5)6)69(62-59-56-53-50-47-24-21-18-15-12-9-3)80-71(75)64-61-58-55-52-49-46-44-42-40-37-34-32-30-28-26-23-20-17-14-11-8-2/h19-20,22-23,27-30,33-35,37,59,62,68-69H,7-18,21,24-26,31-32,36,38-58,60-61,63-67H2,1-6H3,(H-,72,74,76,77)/p+1/b22-19-,23-20-,29-27-,30-28-,35-33-,37-34-,62-59+. The van der Waals surface area contributed by atoms with E-state index in [1.54, 1.807) is 0 Å². The van der Waals surface area contributed by atoms with Crippen molar-refractivity contribution in [2.45, 2.75) is 315 Å². The van der Waals surface area contributed by atoms with Crippen LogP contribution in [0.25, 0.3) is 0 Å². The van der Waals surface area contributed by atoms with Gasteiger partial charge in [0.15, 0.2) is 0 Å². The van der Waals surface area contributed by atoms with Crippen LogP contribution in [0.4, 0.5) is 0 Å². The Balaban J connectivity index is 5.12. The minimum absolute atomic E-state index is 0.0353. The number of allylic oxidation sites excluding steroid dienone is 13. The molecule has 9 nitrogen and oxygen atoms in total. The number of ether oxygens (including phenoxy) is 1. The molecule has 0 aromatic heterocycles. The fourth-order valence-corrected chi connectivity index (χ4v) is 10.3. The summed E-state index contributed by atoms with van der Waals surface area (Å²) in [4.78, 5) is 37.8. The molecule has 0 aromatic rings. The highest BCUT2D eigenvalue weighted by atomic mass is 31.2. The van der Waals surface area contributed by atoms with Crippen molar-refractivity contribution >= 4 is 19.7 Å². The van der Waals surface area contributed by atoms with Crippen LogP contribution in [-0.4, -0.2) is 74.3 Å². The zero-order chi connectivity index (χ0) is 59.3. The molecule has 3 atom stereocenters. The van der Waals surface area contributed by atoms with Crippen LogP contribution in [0.5, 0.6) is 0 Å². The number of carbonyl (C=O) groups excluding carboxylic acids is 2. The van der Waals surface area contributed by atoms with Gasteiger partial charge in [-0.15, -0.1) is 0 Å². The fourth-order valence-electron chi connectivity index (χ4n) is 9.54. The fraction of sp³-hybridized carbons (Fsp3) is 0.775. The molecular weight excluding hydrogens is 1020 g/mol. The quantitative estimate of drug-likeness (QED) is 0.0205. The Morgan fingerprint density at radius 3 is 1.15 bits per heavy atom. The number of likely N-dealkylation sites (N-methyl/N-ethyl adjacent to an activating group) is 1. The molecule has 0 rings (SSSR count). The van der Waals surface area contributed by atoms with Crippen molar-refractivity contribution in [3.05, 3.63) is 85.1 Å². The van der Waals surface area contributed by atoms with Gasteiger partial charge in [-0.25, -0.2) is 4.57 Å². The number of hydrogen-bond donors (Lipinski definition) is 2. The first kappa shape index (κ1) is 78.2. The molecule has 0 fully saturated rings. The normalized spacial score (nSPS) is 14.1. The van der Waals surface area contributed by atoms with Crippen LogP contribution in [-0.2, 0) is 27.9 Å². The maximum atomic E-state index is 13.6. The molecule has 0 radical (unpaired) electrons. The lowest BCUT2D eigenvalue weighted by Gasteiger charge is -2.27. The largest absolute Gasteiger partial charge is 0.472 e. The smallest absolute Gasteiger partial charge is 0.456 e. The summed E-state index contributed by atoms with van der Waals surface area (Å²) in [6.07, 6.45) is 80.1. The summed E-state index contributed by atoms with van der Waals surface area (Å²) in [5.41, 5.74) is 0. The molecule has 0 heterocycles. The lowest BCUT2D eigenvalue weighted by atomic mass is 10.0. The van der Waals surface area contributed by atoms with Gasteiger partial charge in [-0.2, -0.15) is 0 Å². The van der Waals surface area contributed by atoms with Crippen molar-refractivity contribution in [3.63, 3.8) is 0 Å². The summed E-state index contributed by atoms with van der Waals surface area (Å²) in [6, 6.07) is -0.858. The molecule has 470 valence electrons. The predicted molar refractivity (Wildman–Crippen MR) is 351 cm³/mol. The first-order valence-corrected chi connectivity index (χ1v) is 35.4. The molecule has 0 spiro atoms. The van der Waals surface area contributed by atoms with Crippen LogP contribution in [0.1, 0.15) is 303 Å². The number of unbranched alkanes of at least 4 members (excludes halogenated alkanes) is 33. The minimum Gasteiger partial charge on any atom is -0.456 e. The number of phosphoric acid groups is 1. The van der Waals surface area contributed by atoms with Crippen molar-refractivity contribution in [2.24, 2.45) is 0 Å². The highest BCUT2D eigenvalue weighted by Gasteiger charge is 2.30. The highest BCUT2D eigenvalue weighted by Crippen LogP contribution is 2.43. The average molecular weight is 1150 g/mol. The number of quaternary nitrogens is 1. The Morgan fingerprint density at radius 1 is 0.432 bits per heavy atom. The second-order valence-electron chi connectivity index (χ2n) is 24.0. The van der Waals surface area contributed by atoms with E-state index < -0.39 is 20.0 Å². The molecular formula is C71H130N2O7P+. The van der Waals surface area contributed by atoms with E-state index in [-0.39, 0.29) is 31.5 Å². The molecule has 0 aromatic carbocycles. The molecule has 0 aliphatic carbocycles. The second-order valence-corrected chi connectivity index (χ2v) is 25.4. The zero-order valence-electron chi connectivity index (χ0n) is 53.8. The summed E-state index contributed by atoms with van der Waals surface area (Å²) in [7, 11) is 1.49. The minimum atomic E-state index is -4.46. The topological polar surface area (TPSA) is 111 Å². The first-order chi connectivity index (χ1) is 39.4. The monoisotopic (exact) mass is 1150 g/mol. The molecule has 2 N–H and O–H groups in total. The van der Waals surface area contributed by atoms with Gasteiger partial charge in [0.1, 0.15) is 19.3 Å². The van der Waals surface area contributed by atoms with Crippen LogP contribution in [0, 0.1) is 0 Å². The third-order valence-electron chi connectivity index (χ3n) is 14.8. The number of amides is 1. The lowest BCUT2D eigenvalue weighted by molar-refractivity contribution is -0.870. The van der Waals surface area contributed by atoms with Gasteiger partial charge in [0.05, 0.1) is 33.8 Å². The van der Waals surface area contributed by atoms with E-state index in [0.717, 1.165) is 96.3 Å². The van der Waals surface area contributed by atoms with Crippen molar-refractivity contribution < 1.29 is 37.3 Å². The number of nitrogens with one attached hydrogen (secondary N) is 1. The van der Waals surface area contributed by atoms with Crippen molar-refractivity contribution in [1.82, 2.24) is 5.32 Å². The van der Waals surface area contributed by atoms with Gasteiger partial charge < -0.3 is 19.4 Å². The number of phosphoric ester groups is 1. The van der Waals surface area contributed by atoms with Gasteiger partial charge in [0.25, 0.3) is 0 Å². The SMILES string of the molecule is CCCCC/C=C\C/C=C\C/C=C\CCCCCCCCCCCCC(=O)NC(COP(=O)(O)OCC[N+](C)(C)C)C(/C=C/CCCCCCCCCCC)OC(=O)CCCCCCCCCC/C=C\C/C=C\C/C=C\CCCCC. The summed E-state index contributed by atoms with van der Waals surface area (Å²) < 4.78 is 30.8. The number of carbonyl (C=O) groups is 2. The van der Waals surface area contributed by atoms with E-state index in [1.165, 1.54) is 173 Å². The van der Waals surface area contributed by atoms with E-state index in [0.29, 0.717) is 17.4 Å². The van der Waals surface area contributed by atoms with Gasteiger partial charge in [-0.3, -0.25) is 18.6 Å². The maximum absolute atomic E-state index is 13.6. The number of esters is 1. The lowest BCUT2D eigenvalue weighted by Crippen LogP contribution is -2.47. The van der Waals surface area contributed by atoms with Gasteiger partial charge in [-0.1, -0.05) is 267 Å². The van der Waals surface area contributed by atoms with Crippen molar-refractivity contribution in [3.8, 4) is 0 Å². The summed E-state index contributed by atoms with van der Waals surface area (Å²) in [6.45, 7) is 6.96. The zero-order valence-corrected chi connectivity index (χ0v) is 54.7. The van der Waals surface area contributed by atoms with Crippen molar-refractivity contribution in [2.75, 3.05) is 40.9 Å². The Kier molecular flexibility index (Phi) is 58.2. The number of rotatable bonds is 61. The highest BCUT2D eigenvalue weighted by molar-refractivity contribution is 7.47. The van der Waals surface area contributed by atoms with Crippen LogP contribution < -0.4 is 5.32 Å². The van der Waals surface area contributed by atoms with E-state index in [9.17, 15) is 19.0 Å². The first-order valence-electron chi connectivity index (χ1n) is 33.9. The molecule has 0 saturated carbocycles. The van der Waals surface area contributed by atoms with Crippen LogP contribution in [0.15, 0.2) is 85.1 Å². The predicted octanol–water partition coefficient (Wildman–Crippen LogP) is 21.3. The van der Waals surface area contributed by atoms with Gasteiger partial charge in [0, 0.05) is 12.8 Å². The Hall–Kier alpha value is -2.81. The van der Waals surface area contributed by atoms with Crippen LogP contribution >= 0.6 is 7.82 Å². The summed E-state index contributed by atoms with van der Waals surface area (Å²) >= 11 is 0. The van der Waals surface area contributed by atoms with Crippen LogP contribution in [0.2, 0.25) is 0 Å².